The molecule has 1 aromatic carbocycles. The number of benzene rings is 1. The monoisotopic (exact) mass is 343 g/mol. The van der Waals surface area contributed by atoms with Gasteiger partial charge in [-0.3, -0.25) is 0 Å². The molecule has 23 heavy (non-hydrogen) atoms. The number of nitrogens with zero attached hydrogens (tertiary/aromatic N) is 3. The fraction of sp³-hybridized carbons (Fsp3) is 0.222. The lowest BCUT2D eigenvalue weighted by Crippen LogP contribution is -1.98. The van der Waals surface area contributed by atoms with Gasteiger partial charge >= 0.3 is 0 Å². The molecule has 0 saturated carbocycles. The van der Waals surface area contributed by atoms with Crippen LogP contribution in [0.1, 0.15) is 18.3 Å². The molecule has 3 aromatic rings. The van der Waals surface area contributed by atoms with E-state index in [2.05, 4.69) is 12.6 Å². The van der Waals surface area contributed by atoms with Crippen LogP contribution in [0.5, 0.6) is 0 Å². The smallest absolute Gasteiger partial charge is 0.164 e. The van der Waals surface area contributed by atoms with Gasteiger partial charge in [-0.15, -0.1) is 11.8 Å². The minimum Gasteiger partial charge on any atom is -0.233 e. The van der Waals surface area contributed by atoms with E-state index in [1.807, 2.05) is 49.6 Å². The van der Waals surface area contributed by atoms with Crippen LogP contribution in [0.25, 0.3) is 16.8 Å². The largest absolute Gasteiger partial charge is 0.233 e. The standard InChI is InChI=1S/C18H18ClN3S/c1-11(2)10-23-16-9-12(3)20-18-17(13(4)21-22(16)18)14-5-7-15(19)8-6-14/h5-9H,1,10H2,2-4H3. The molecule has 0 N–H and O–H groups in total. The second-order valence-electron chi connectivity index (χ2n) is 5.68. The molecule has 2 aromatic heterocycles. The van der Waals surface area contributed by atoms with Crippen LogP contribution in [0, 0.1) is 13.8 Å². The molecule has 0 radical (unpaired) electrons. The van der Waals surface area contributed by atoms with Gasteiger partial charge in [-0.25, -0.2) is 9.50 Å². The molecule has 2 heterocycles. The van der Waals surface area contributed by atoms with Crippen LogP contribution >= 0.6 is 23.4 Å². The van der Waals surface area contributed by atoms with E-state index in [1.54, 1.807) is 11.8 Å². The average molecular weight is 344 g/mol. The molecule has 0 fully saturated rings. The zero-order valence-corrected chi connectivity index (χ0v) is 15.0. The highest BCUT2D eigenvalue weighted by molar-refractivity contribution is 7.99. The topological polar surface area (TPSA) is 30.2 Å². The summed E-state index contributed by atoms with van der Waals surface area (Å²) in [6.07, 6.45) is 0. The molecule has 0 aliphatic carbocycles. The van der Waals surface area contributed by atoms with Gasteiger partial charge in [-0.1, -0.05) is 35.9 Å². The number of fused-ring (bicyclic) bond motifs is 1. The Morgan fingerprint density at radius 1 is 1.26 bits per heavy atom. The number of halogens is 1. The van der Waals surface area contributed by atoms with Crippen LogP contribution in [0.4, 0.5) is 0 Å². The molecule has 0 saturated heterocycles. The summed E-state index contributed by atoms with van der Waals surface area (Å²) >= 11 is 7.74. The minimum absolute atomic E-state index is 0.727. The van der Waals surface area contributed by atoms with Crippen molar-refractivity contribution < 1.29 is 0 Å². The Bertz CT molecular complexity index is 881. The van der Waals surface area contributed by atoms with Crippen LogP contribution in [0.2, 0.25) is 5.02 Å². The Morgan fingerprint density at radius 3 is 2.61 bits per heavy atom. The predicted octanol–water partition coefficient (Wildman–Crippen LogP) is 5.33. The lowest BCUT2D eigenvalue weighted by Gasteiger charge is -2.07. The van der Waals surface area contributed by atoms with Crippen molar-refractivity contribution in [3.05, 3.63) is 58.9 Å². The molecule has 3 rings (SSSR count). The second kappa shape index (κ2) is 6.38. The lowest BCUT2D eigenvalue weighted by molar-refractivity contribution is 0.822. The first-order valence-corrected chi connectivity index (χ1v) is 8.72. The highest BCUT2D eigenvalue weighted by Crippen LogP contribution is 2.31. The number of aryl methyl sites for hydroxylation is 2. The highest BCUT2D eigenvalue weighted by atomic mass is 35.5. The van der Waals surface area contributed by atoms with Crippen LogP contribution in [-0.4, -0.2) is 20.4 Å². The van der Waals surface area contributed by atoms with E-state index in [9.17, 15) is 0 Å². The van der Waals surface area contributed by atoms with Gasteiger partial charge in [0.25, 0.3) is 0 Å². The van der Waals surface area contributed by atoms with Crippen LogP contribution in [0.15, 0.2) is 47.5 Å². The number of hydrogen-bond acceptors (Lipinski definition) is 3. The average Bonchev–Trinajstić information content (AvgIpc) is 2.82. The summed E-state index contributed by atoms with van der Waals surface area (Å²) in [6.45, 7) is 10.0. The Hall–Kier alpha value is -1.78. The van der Waals surface area contributed by atoms with Crippen molar-refractivity contribution in [2.24, 2.45) is 0 Å². The van der Waals surface area contributed by atoms with Gasteiger partial charge in [0.15, 0.2) is 5.65 Å². The number of rotatable bonds is 4. The first-order valence-electron chi connectivity index (χ1n) is 7.36. The summed E-state index contributed by atoms with van der Waals surface area (Å²) in [7, 11) is 0. The van der Waals surface area contributed by atoms with Gasteiger partial charge in [0, 0.05) is 22.0 Å². The van der Waals surface area contributed by atoms with E-state index in [4.69, 9.17) is 21.7 Å². The SMILES string of the molecule is C=C(C)CSc1cc(C)nc2c(-c3ccc(Cl)cc3)c(C)nn12. The van der Waals surface area contributed by atoms with E-state index >= 15 is 0 Å². The molecule has 3 nitrogen and oxygen atoms in total. The third-order valence-electron chi connectivity index (χ3n) is 3.46. The van der Waals surface area contributed by atoms with Gasteiger partial charge in [-0.05, 0) is 44.5 Å². The first kappa shape index (κ1) is 16.1. The van der Waals surface area contributed by atoms with E-state index < -0.39 is 0 Å². The van der Waals surface area contributed by atoms with Crippen molar-refractivity contribution >= 4 is 29.0 Å². The zero-order chi connectivity index (χ0) is 16.6. The van der Waals surface area contributed by atoms with E-state index in [-0.39, 0.29) is 0 Å². The maximum absolute atomic E-state index is 6.00. The summed E-state index contributed by atoms with van der Waals surface area (Å²) in [5.41, 5.74) is 6.10. The lowest BCUT2D eigenvalue weighted by atomic mass is 10.1. The number of hydrogen-bond donors (Lipinski definition) is 0. The summed E-state index contributed by atoms with van der Waals surface area (Å²) in [4.78, 5) is 4.71. The maximum atomic E-state index is 6.00. The normalized spacial score (nSPS) is 11.1. The minimum atomic E-state index is 0.727. The number of aromatic nitrogens is 3. The molecule has 0 aliphatic rings. The Labute approximate surface area is 145 Å². The molecule has 0 atom stereocenters. The van der Waals surface area contributed by atoms with Gasteiger partial charge in [0.2, 0.25) is 0 Å². The van der Waals surface area contributed by atoms with Crippen molar-refractivity contribution in [2.75, 3.05) is 5.75 Å². The molecular weight excluding hydrogens is 326 g/mol. The fourth-order valence-corrected chi connectivity index (χ4v) is 3.49. The van der Waals surface area contributed by atoms with E-state index in [0.717, 1.165) is 49.5 Å². The molecule has 0 unspecified atom stereocenters. The Kier molecular flexibility index (Phi) is 4.46. The van der Waals surface area contributed by atoms with Crippen molar-refractivity contribution in [2.45, 2.75) is 25.8 Å². The molecule has 0 aliphatic heterocycles. The van der Waals surface area contributed by atoms with Gasteiger partial charge < -0.3 is 0 Å². The summed E-state index contributed by atoms with van der Waals surface area (Å²) in [6, 6.07) is 9.88. The molecule has 5 heteroatoms. The van der Waals surface area contributed by atoms with E-state index in [0.29, 0.717) is 0 Å². The molecular formula is C18H18ClN3S. The van der Waals surface area contributed by atoms with Gasteiger partial charge in [-0.2, -0.15) is 5.10 Å². The first-order chi connectivity index (χ1) is 11.0. The summed E-state index contributed by atoms with van der Waals surface area (Å²) < 4.78 is 1.93. The second-order valence-corrected chi connectivity index (χ2v) is 7.12. The van der Waals surface area contributed by atoms with Crippen molar-refractivity contribution in [3.63, 3.8) is 0 Å². The van der Waals surface area contributed by atoms with Crippen molar-refractivity contribution in [3.8, 4) is 11.1 Å². The Balaban J connectivity index is 2.18. The summed E-state index contributed by atoms with van der Waals surface area (Å²) in [5, 5.41) is 6.51. The molecule has 0 amide bonds. The zero-order valence-electron chi connectivity index (χ0n) is 13.4. The molecule has 0 bridgehead atoms. The van der Waals surface area contributed by atoms with Crippen LogP contribution < -0.4 is 0 Å². The van der Waals surface area contributed by atoms with Crippen LogP contribution in [0.3, 0.4) is 0 Å². The van der Waals surface area contributed by atoms with Crippen molar-refractivity contribution in [1.82, 2.24) is 14.6 Å². The van der Waals surface area contributed by atoms with Crippen molar-refractivity contribution in [1.29, 1.82) is 0 Å². The van der Waals surface area contributed by atoms with E-state index in [1.165, 1.54) is 0 Å². The van der Waals surface area contributed by atoms with Gasteiger partial charge in [0.1, 0.15) is 5.03 Å². The third-order valence-corrected chi connectivity index (χ3v) is 4.93. The highest BCUT2D eigenvalue weighted by Gasteiger charge is 2.16. The van der Waals surface area contributed by atoms with Crippen LogP contribution in [-0.2, 0) is 0 Å². The third kappa shape index (κ3) is 3.28. The summed E-state index contributed by atoms with van der Waals surface area (Å²) in [5.74, 6) is 0.869. The maximum Gasteiger partial charge on any atom is 0.164 e. The van der Waals surface area contributed by atoms with Gasteiger partial charge in [0.05, 0.1) is 5.69 Å². The molecule has 118 valence electrons. The number of thioether (sulfide) groups is 1. The Morgan fingerprint density at radius 2 is 1.96 bits per heavy atom. The predicted molar refractivity (Wildman–Crippen MR) is 98.4 cm³/mol. The molecule has 0 spiro atoms. The quantitative estimate of drug-likeness (QED) is 0.364. The fourth-order valence-electron chi connectivity index (χ4n) is 2.47.